The standard InChI is InChI=1S/C18H15N3O2S/c19-11-10-14-6-8-16(9-7-14)22-12-13-24-18-21-20-17(23-18)15-4-2-1-3-5-15/h1-9H,10,12-13H2. The lowest BCUT2D eigenvalue weighted by Gasteiger charge is -2.05. The average Bonchev–Trinajstić information content (AvgIpc) is 3.10. The lowest BCUT2D eigenvalue weighted by atomic mass is 10.2. The van der Waals surface area contributed by atoms with Crippen LogP contribution in [0.5, 0.6) is 5.75 Å². The molecule has 0 bridgehead atoms. The lowest BCUT2D eigenvalue weighted by molar-refractivity contribution is 0.343. The molecule has 0 aliphatic carbocycles. The first kappa shape index (κ1) is 16.1. The summed E-state index contributed by atoms with van der Waals surface area (Å²) in [5.74, 6) is 2.01. The van der Waals surface area contributed by atoms with Crippen molar-refractivity contribution in [2.45, 2.75) is 11.6 Å². The summed E-state index contributed by atoms with van der Waals surface area (Å²) in [6.07, 6.45) is 0.414. The zero-order valence-corrected chi connectivity index (χ0v) is 13.7. The van der Waals surface area contributed by atoms with E-state index in [1.54, 1.807) is 0 Å². The van der Waals surface area contributed by atoms with Crippen LogP contribution in [0.15, 0.2) is 64.2 Å². The van der Waals surface area contributed by atoms with E-state index in [0.29, 0.717) is 29.9 Å². The summed E-state index contributed by atoms with van der Waals surface area (Å²) in [5, 5.41) is 17.2. The average molecular weight is 337 g/mol. The van der Waals surface area contributed by atoms with Crippen LogP contribution in [0.4, 0.5) is 0 Å². The molecular formula is C18H15N3O2S. The Morgan fingerprint density at radius 1 is 1.04 bits per heavy atom. The molecular weight excluding hydrogens is 322 g/mol. The highest BCUT2D eigenvalue weighted by atomic mass is 32.2. The van der Waals surface area contributed by atoms with E-state index in [0.717, 1.165) is 16.9 Å². The van der Waals surface area contributed by atoms with Crippen LogP contribution in [-0.2, 0) is 6.42 Å². The normalized spacial score (nSPS) is 10.3. The van der Waals surface area contributed by atoms with Crippen molar-refractivity contribution < 1.29 is 9.15 Å². The first-order valence-corrected chi connectivity index (χ1v) is 8.44. The minimum absolute atomic E-state index is 0.414. The van der Waals surface area contributed by atoms with Crippen LogP contribution in [0.1, 0.15) is 5.56 Å². The van der Waals surface area contributed by atoms with E-state index in [4.69, 9.17) is 14.4 Å². The highest BCUT2D eigenvalue weighted by Crippen LogP contribution is 2.23. The summed E-state index contributed by atoms with van der Waals surface area (Å²) >= 11 is 1.46. The first-order chi connectivity index (χ1) is 11.8. The molecule has 3 rings (SSSR count). The largest absolute Gasteiger partial charge is 0.493 e. The number of nitriles is 1. The van der Waals surface area contributed by atoms with Crippen LogP contribution in [0.2, 0.25) is 0 Å². The molecule has 0 N–H and O–H groups in total. The number of nitrogens with zero attached hydrogens (tertiary/aromatic N) is 3. The Bertz CT molecular complexity index is 810. The maximum Gasteiger partial charge on any atom is 0.276 e. The molecule has 6 heteroatoms. The fourth-order valence-corrected chi connectivity index (χ4v) is 2.63. The summed E-state index contributed by atoms with van der Waals surface area (Å²) in [5.41, 5.74) is 1.89. The van der Waals surface area contributed by atoms with Crippen molar-refractivity contribution in [1.82, 2.24) is 10.2 Å². The minimum atomic E-state index is 0.414. The Morgan fingerprint density at radius 3 is 2.58 bits per heavy atom. The van der Waals surface area contributed by atoms with Gasteiger partial charge in [0.25, 0.3) is 5.22 Å². The number of aromatic nitrogens is 2. The Kier molecular flexibility index (Phi) is 5.48. The predicted octanol–water partition coefficient (Wildman–Crippen LogP) is 3.97. The van der Waals surface area contributed by atoms with Crippen molar-refractivity contribution in [1.29, 1.82) is 5.26 Å². The molecule has 0 aliphatic heterocycles. The molecule has 0 spiro atoms. The van der Waals surface area contributed by atoms with E-state index in [1.165, 1.54) is 11.8 Å². The molecule has 2 aromatic carbocycles. The number of rotatable bonds is 7. The van der Waals surface area contributed by atoms with E-state index in [9.17, 15) is 0 Å². The molecule has 0 saturated heterocycles. The van der Waals surface area contributed by atoms with Crippen LogP contribution in [0, 0.1) is 11.3 Å². The fourth-order valence-electron chi connectivity index (χ4n) is 2.05. The summed E-state index contributed by atoms with van der Waals surface area (Å²) in [4.78, 5) is 0. The van der Waals surface area contributed by atoms with Gasteiger partial charge in [-0.15, -0.1) is 10.2 Å². The van der Waals surface area contributed by atoms with E-state index < -0.39 is 0 Å². The minimum Gasteiger partial charge on any atom is -0.493 e. The zero-order chi connectivity index (χ0) is 16.6. The molecule has 3 aromatic rings. The SMILES string of the molecule is N#CCc1ccc(OCCSc2nnc(-c3ccccc3)o2)cc1. The Morgan fingerprint density at radius 2 is 1.83 bits per heavy atom. The molecule has 0 fully saturated rings. The third-order valence-electron chi connectivity index (χ3n) is 3.21. The number of thioether (sulfide) groups is 1. The molecule has 0 atom stereocenters. The molecule has 0 aliphatic rings. The first-order valence-electron chi connectivity index (χ1n) is 7.45. The molecule has 120 valence electrons. The second-order valence-electron chi connectivity index (χ2n) is 4.91. The van der Waals surface area contributed by atoms with Gasteiger partial charge in [-0.05, 0) is 29.8 Å². The van der Waals surface area contributed by atoms with Gasteiger partial charge in [0.15, 0.2) is 0 Å². The van der Waals surface area contributed by atoms with Crippen LogP contribution in [0.3, 0.4) is 0 Å². The topological polar surface area (TPSA) is 71.9 Å². The lowest BCUT2D eigenvalue weighted by Crippen LogP contribution is -2.00. The van der Waals surface area contributed by atoms with Crippen molar-refractivity contribution in [2.75, 3.05) is 12.4 Å². The maximum absolute atomic E-state index is 8.64. The van der Waals surface area contributed by atoms with Gasteiger partial charge in [-0.1, -0.05) is 42.1 Å². The van der Waals surface area contributed by atoms with Gasteiger partial charge in [0, 0.05) is 11.3 Å². The van der Waals surface area contributed by atoms with Crippen molar-refractivity contribution in [3.05, 3.63) is 60.2 Å². The third kappa shape index (κ3) is 4.37. The van der Waals surface area contributed by atoms with Gasteiger partial charge in [-0.2, -0.15) is 5.26 Å². The summed E-state index contributed by atoms with van der Waals surface area (Å²) < 4.78 is 11.3. The van der Waals surface area contributed by atoms with E-state index >= 15 is 0 Å². The Balaban J connectivity index is 1.45. The van der Waals surface area contributed by atoms with Crippen LogP contribution in [-0.4, -0.2) is 22.6 Å². The molecule has 0 radical (unpaired) electrons. The Hall–Kier alpha value is -2.78. The second kappa shape index (κ2) is 8.18. The quantitative estimate of drug-likeness (QED) is 0.480. The van der Waals surface area contributed by atoms with Crippen molar-refractivity contribution >= 4 is 11.8 Å². The summed E-state index contributed by atoms with van der Waals surface area (Å²) in [6.45, 7) is 0.533. The van der Waals surface area contributed by atoms with Gasteiger partial charge in [0.05, 0.1) is 19.1 Å². The second-order valence-corrected chi connectivity index (χ2v) is 5.96. The van der Waals surface area contributed by atoms with E-state index in [2.05, 4.69) is 16.3 Å². The van der Waals surface area contributed by atoms with Crippen molar-refractivity contribution in [2.24, 2.45) is 0 Å². The van der Waals surface area contributed by atoms with Gasteiger partial charge < -0.3 is 9.15 Å². The van der Waals surface area contributed by atoms with Gasteiger partial charge in [-0.25, -0.2) is 0 Å². The van der Waals surface area contributed by atoms with Crippen LogP contribution < -0.4 is 4.74 Å². The van der Waals surface area contributed by atoms with E-state index in [-0.39, 0.29) is 0 Å². The number of hydrogen-bond acceptors (Lipinski definition) is 6. The maximum atomic E-state index is 8.64. The fraction of sp³-hybridized carbons (Fsp3) is 0.167. The highest BCUT2D eigenvalue weighted by molar-refractivity contribution is 7.99. The van der Waals surface area contributed by atoms with Crippen molar-refractivity contribution in [3.8, 4) is 23.3 Å². The molecule has 0 amide bonds. The molecule has 0 saturated carbocycles. The van der Waals surface area contributed by atoms with Gasteiger partial charge in [0.1, 0.15) is 5.75 Å². The van der Waals surface area contributed by atoms with Crippen LogP contribution in [0.25, 0.3) is 11.5 Å². The molecule has 1 heterocycles. The molecule has 1 aromatic heterocycles. The molecule has 24 heavy (non-hydrogen) atoms. The number of hydrogen-bond donors (Lipinski definition) is 0. The summed E-state index contributed by atoms with van der Waals surface area (Å²) in [7, 11) is 0. The third-order valence-corrected chi connectivity index (χ3v) is 3.99. The Labute approximate surface area is 144 Å². The number of ether oxygens (including phenoxy) is 1. The highest BCUT2D eigenvalue weighted by Gasteiger charge is 2.08. The van der Waals surface area contributed by atoms with Gasteiger partial charge in [-0.3, -0.25) is 0 Å². The number of benzene rings is 2. The van der Waals surface area contributed by atoms with Gasteiger partial charge >= 0.3 is 0 Å². The van der Waals surface area contributed by atoms with Crippen LogP contribution >= 0.6 is 11.8 Å². The zero-order valence-electron chi connectivity index (χ0n) is 12.9. The van der Waals surface area contributed by atoms with Gasteiger partial charge in [0.2, 0.25) is 5.89 Å². The molecule has 0 unspecified atom stereocenters. The van der Waals surface area contributed by atoms with Crippen molar-refractivity contribution in [3.63, 3.8) is 0 Å². The molecule has 5 nitrogen and oxygen atoms in total. The van der Waals surface area contributed by atoms with E-state index in [1.807, 2.05) is 54.6 Å². The monoisotopic (exact) mass is 337 g/mol. The smallest absolute Gasteiger partial charge is 0.276 e. The predicted molar refractivity (Wildman–Crippen MR) is 91.7 cm³/mol. The summed E-state index contributed by atoms with van der Waals surface area (Å²) in [6, 6.07) is 19.3.